The molecule has 6 nitrogen and oxygen atoms in total. The van der Waals surface area contributed by atoms with Crippen LogP contribution in [-0.4, -0.2) is 42.9 Å². The molecule has 1 fully saturated rings. The number of hydrogen-bond acceptors (Lipinski definition) is 5. The van der Waals surface area contributed by atoms with Gasteiger partial charge in [-0.3, -0.25) is 4.90 Å². The summed E-state index contributed by atoms with van der Waals surface area (Å²) in [5.74, 6) is 0.594. The number of alkyl halides is 3. The molecule has 3 rings (SSSR count). The summed E-state index contributed by atoms with van der Waals surface area (Å²) in [5, 5.41) is 21.1. The van der Waals surface area contributed by atoms with Crippen LogP contribution in [-0.2, 0) is 19.8 Å². The fraction of sp³-hybridized carbons (Fsp3) is 0.500. The predicted molar refractivity (Wildman–Crippen MR) is 74.0 cm³/mol. The van der Waals surface area contributed by atoms with Gasteiger partial charge in [0, 0.05) is 19.6 Å². The van der Waals surface area contributed by atoms with E-state index < -0.39 is 17.8 Å². The molecular formula is C14H16F3N5O. The average molecular weight is 327 g/mol. The van der Waals surface area contributed by atoms with Gasteiger partial charge in [0.1, 0.15) is 0 Å². The van der Waals surface area contributed by atoms with E-state index in [1.54, 1.807) is 13.1 Å². The van der Waals surface area contributed by atoms with E-state index in [1.807, 2.05) is 4.90 Å². The van der Waals surface area contributed by atoms with Gasteiger partial charge in [-0.25, -0.2) is 4.68 Å². The lowest BCUT2D eigenvalue weighted by atomic mass is 10.0. The van der Waals surface area contributed by atoms with Crippen molar-refractivity contribution in [2.45, 2.75) is 31.3 Å². The van der Waals surface area contributed by atoms with Crippen molar-refractivity contribution < 1.29 is 18.3 Å². The van der Waals surface area contributed by atoms with Gasteiger partial charge in [0.25, 0.3) is 0 Å². The first-order valence-corrected chi connectivity index (χ1v) is 7.15. The normalized spacial score (nSPS) is 22.7. The molecule has 1 aromatic heterocycles. The Morgan fingerprint density at radius 3 is 2.78 bits per heavy atom. The number of aliphatic hydroxyl groups excluding tert-OH is 1. The molecule has 2 aromatic rings. The van der Waals surface area contributed by atoms with Gasteiger partial charge in [-0.15, -0.1) is 5.10 Å². The van der Waals surface area contributed by atoms with Gasteiger partial charge in [-0.1, -0.05) is 12.1 Å². The zero-order chi connectivity index (χ0) is 16.6. The Hall–Kier alpha value is -2.00. The number of tetrazole rings is 1. The number of β-amino-alcohol motifs (C(OH)–C–C–N with tert-alkyl or cyclic N) is 1. The Balaban J connectivity index is 1.86. The minimum atomic E-state index is -4.38. The second-order valence-electron chi connectivity index (χ2n) is 5.68. The highest BCUT2D eigenvalue weighted by molar-refractivity contribution is 5.29. The molecule has 0 amide bonds. The van der Waals surface area contributed by atoms with Gasteiger partial charge < -0.3 is 5.11 Å². The van der Waals surface area contributed by atoms with Gasteiger partial charge >= 0.3 is 6.18 Å². The molecule has 2 atom stereocenters. The van der Waals surface area contributed by atoms with Crippen LogP contribution in [0.3, 0.4) is 0 Å². The van der Waals surface area contributed by atoms with E-state index in [1.165, 1.54) is 10.7 Å². The standard InChI is InChI=1S/C14H16F3N5O/c1-21-13(18-19-20-21)8-22-7-11(23)6-12(22)9-3-2-4-10(5-9)14(15,16)17/h2-5,11-12,23H,6-8H2,1H3/t11-,12-/m0/s1. The second-order valence-corrected chi connectivity index (χ2v) is 5.68. The zero-order valence-electron chi connectivity index (χ0n) is 12.4. The van der Waals surface area contributed by atoms with Crippen LogP contribution in [0.1, 0.15) is 29.4 Å². The monoisotopic (exact) mass is 327 g/mol. The smallest absolute Gasteiger partial charge is 0.392 e. The largest absolute Gasteiger partial charge is 0.416 e. The van der Waals surface area contributed by atoms with Crippen LogP contribution in [0.2, 0.25) is 0 Å². The third-order valence-corrected chi connectivity index (χ3v) is 4.03. The van der Waals surface area contributed by atoms with Gasteiger partial charge in [0.2, 0.25) is 0 Å². The van der Waals surface area contributed by atoms with Crippen molar-refractivity contribution in [3.05, 3.63) is 41.2 Å². The summed E-state index contributed by atoms with van der Waals surface area (Å²) in [6.07, 6.45) is -4.59. The maximum Gasteiger partial charge on any atom is 0.416 e. The molecule has 1 N–H and O–H groups in total. The molecule has 9 heteroatoms. The molecule has 1 aromatic carbocycles. The van der Waals surface area contributed by atoms with Crippen molar-refractivity contribution in [1.82, 2.24) is 25.1 Å². The van der Waals surface area contributed by atoms with Crippen LogP contribution in [0.15, 0.2) is 24.3 Å². The van der Waals surface area contributed by atoms with Crippen molar-refractivity contribution in [3.8, 4) is 0 Å². The molecule has 23 heavy (non-hydrogen) atoms. The minimum absolute atomic E-state index is 0.302. The van der Waals surface area contributed by atoms with Crippen molar-refractivity contribution in [2.24, 2.45) is 7.05 Å². The number of aryl methyl sites for hydroxylation is 1. The Labute approximate surface area is 130 Å². The van der Waals surface area contributed by atoms with Gasteiger partial charge in [-0.2, -0.15) is 13.2 Å². The molecule has 0 spiro atoms. The number of aromatic nitrogens is 4. The van der Waals surface area contributed by atoms with Crippen LogP contribution in [0, 0.1) is 0 Å². The maximum atomic E-state index is 12.9. The summed E-state index contributed by atoms with van der Waals surface area (Å²) in [5.41, 5.74) is -0.150. The number of nitrogens with zero attached hydrogens (tertiary/aromatic N) is 5. The van der Waals surface area contributed by atoms with Crippen LogP contribution >= 0.6 is 0 Å². The molecule has 1 aliphatic heterocycles. The van der Waals surface area contributed by atoms with E-state index in [2.05, 4.69) is 15.5 Å². The summed E-state index contributed by atoms with van der Waals surface area (Å²) < 4.78 is 40.2. The molecule has 0 aliphatic carbocycles. The minimum Gasteiger partial charge on any atom is -0.392 e. The van der Waals surface area contributed by atoms with Crippen molar-refractivity contribution in [1.29, 1.82) is 0 Å². The van der Waals surface area contributed by atoms with E-state index in [4.69, 9.17) is 0 Å². The summed E-state index contributed by atoms with van der Waals surface area (Å²) in [6, 6.07) is 4.94. The fourth-order valence-corrected chi connectivity index (χ4v) is 2.89. The van der Waals surface area contributed by atoms with Gasteiger partial charge in [-0.05, 0) is 34.5 Å². The third kappa shape index (κ3) is 3.35. The molecule has 2 heterocycles. The lowest BCUT2D eigenvalue weighted by Crippen LogP contribution is -2.26. The highest BCUT2D eigenvalue weighted by Gasteiger charge is 2.35. The highest BCUT2D eigenvalue weighted by atomic mass is 19.4. The number of halogens is 3. The van der Waals surface area contributed by atoms with E-state index in [9.17, 15) is 18.3 Å². The number of likely N-dealkylation sites (tertiary alicyclic amines) is 1. The molecule has 0 saturated carbocycles. The number of aliphatic hydroxyl groups is 1. The number of hydrogen-bond donors (Lipinski definition) is 1. The lowest BCUT2D eigenvalue weighted by Gasteiger charge is -2.24. The van der Waals surface area contributed by atoms with Crippen molar-refractivity contribution >= 4 is 0 Å². The summed E-state index contributed by atoms with van der Waals surface area (Å²) in [7, 11) is 1.70. The van der Waals surface area contributed by atoms with Crippen molar-refractivity contribution in [2.75, 3.05) is 6.54 Å². The molecule has 0 unspecified atom stereocenters. The zero-order valence-corrected chi connectivity index (χ0v) is 12.4. The molecular weight excluding hydrogens is 311 g/mol. The van der Waals surface area contributed by atoms with Crippen molar-refractivity contribution in [3.63, 3.8) is 0 Å². The van der Waals surface area contributed by atoms with Gasteiger partial charge in [0.15, 0.2) is 5.82 Å². The van der Waals surface area contributed by atoms with Gasteiger partial charge in [0.05, 0.1) is 18.2 Å². The number of benzene rings is 1. The molecule has 0 bridgehead atoms. The molecule has 124 valence electrons. The SMILES string of the molecule is Cn1nnnc1CN1C[C@@H](O)C[C@H]1c1cccc(C(F)(F)F)c1. The Kier molecular flexibility index (Phi) is 4.07. The molecule has 1 saturated heterocycles. The first-order chi connectivity index (χ1) is 10.8. The summed E-state index contributed by atoms with van der Waals surface area (Å²) >= 11 is 0. The van der Waals surface area contributed by atoms with Crippen LogP contribution in [0.25, 0.3) is 0 Å². The first kappa shape index (κ1) is 15.9. The first-order valence-electron chi connectivity index (χ1n) is 7.15. The lowest BCUT2D eigenvalue weighted by molar-refractivity contribution is -0.137. The fourth-order valence-electron chi connectivity index (χ4n) is 2.89. The van der Waals surface area contributed by atoms with Crippen LogP contribution < -0.4 is 0 Å². The maximum absolute atomic E-state index is 12.9. The van der Waals surface area contributed by atoms with E-state index in [0.717, 1.165) is 12.1 Å². The topological polar surface area (TPSA) is 67.1 Å². The Morgan fingerprint density at radius 1 is 1.35 bits per heavy atom. The highest BCUT2D eigenvalue weighted by Crippen LogP contribution is 2.36. The van der Waals surface area contributed by atoms with E-state index >= 15 is 0 Å². The third-order valence-electron chi connectivity index (χ3n) is 4.03. The molecule has 0 radical (unpaired) electrons. The van der Waals surface area contributed by atoms with Crippen LogP contribution in [0.5, 0.6) is 0 Å². The summed E-state index contributed by atoms with van der Waals surface area (Å²) in [4.78, 5) is 1.89. The van der Waals surface area contributed by atoms with E-state index in [-0.39, 0.29) is 6.04 Å². The molecule has 1 aliphatic rings. The average Bonchev–Trinajstić information content (AvgIpc) is 3.05. The Morgan fingerprint density at radius 2 is 2.13 bits per heavy atom. The summed E-state index contributed by atoms with van der Waals surface area (Å²) in [6.45, 7) is 0.731. The number of rotatable bonds is 3. The van der Waals surface area contributed by atoms with E-state index in [0.29, 0.717) is 30.9 Å². The quantitative estimate of drug-likeness (QED) is 0.926. The second kappa shape index (κ2) is 5.89. The predicted octanol–water partition coefficient (Wildman–Crippen LogP) is 1.54. The van der Waals surface area contributed by atoms with Crippen LogP contribution in [0.4, 0.5) is 13.2 Å². The Bertz CT molecular complexity index is 687.